The zero-order valence-electron chi connectivity index (χ0n) is 12.9. The predicted octanol–water partition coefficient (Wildman–Crippen LogP) is 4.10. The fraction of sp³-hybridized carbons (Fsp3) is 0.200. The predicted molar refractivity (Wildman–Crippen MR) is 90.9 cm³/mol. The molecule has 1 amide bonds. The minimum absolute atomic E-state index is 0.110. The van der Waals surface area contributed by atoms with Crippen molar-refractivity contribution in [1.82, 2.24) is 4.57 Å². The summed E-state index contributed by atoms with van der Waals surface area (Å²) < 4.78 is 29.4. The number of aromatic nitrogens is 1. The van der Waals surface area contributed by atoms with Gasteiger partial charge >= 0.3 is 5.00 Å². The molecule has 0 aliphatic rings. The molecular formula is C15H11F2N3O3S2. The second-order valence-corrected chi connectivity index (χ2v) is 7.15. The molecule has 3 rings (SSSR count). The fourth-order valence-corrected chi connectivity index (χ4v) is 4.13. The number of amides is 1. The van der Waals surface area contributed by atoms with Crippen molar-refractivity contribution in [2.24, 2.45) is 4.99 Å². The van der Waals surface area contributed by atoms with Gasteiger partial charge in [-0.1, -0.05) is 29.6 Å². The Labute approximate surface area is 147 Å². The van der Waals surface area contributed by atoms with Crippen LogP contribution in [0.25, 0.3) is 10.2 Å². The standard InChI is InChI=1S/C15H11F2N3O3S2/c1-2-5-19-13-9(17)6-8(16)7-11(13)25-15(19)18-14(21)10-3-4-12(24-10)20(22)23/h3-4,6-7H,2,5H2,1H3. The topological polar surface area (TPSA) is 77.5 Å². The summed E-state index contributed by atoms with van der Waals surface area (Å²) >= 11 is 1.71. The van der Waals surface area contributed by atoms with E-state index in [1.165, 1.54) is 22.8 Å². The fourth-order valence-electron chi connectivity index (χ4n) is 2.33. The third-order valence-corrected chi connectivity index (χ3v) is 5.37. The molecule has 0 bridgehead atoms. The molecule has 2 aromatic heterocycles. The molecular weight excluding hydrogens is 372 g/mol. The molecule has 6 nitrogen and oxygen atoms in total. The van der Waals surface area contributed by atoms with E-state index in [2.05, 4.69) is 4.99 Å². The van der Waals surface area contributed by atoms with Gasteiger partial charge in [0.2, 0.25) is 0 Å². The van der Waals surface area contributed by atoms with Crippen molar-refractivity contribution in [3.63, 3.8) is 0 Å². The molecule has 10 heteroatoms. The van der Waals surface area contributed by atoms with E-state index in [9.17, 15) is 23.7 Å². The van der Waals surface area contributed by atoms with Crippen molar-refractivity contribution in [2.75, 3.05) is 0 Å². The molecule has 0 aliphatic heterocycles. The van der Waals surface area contributed by atoms with Gasteiger partial charge in [-0.15, -0.1) is 0 Å². The lowest BCUT2D eigenvalue weighted by Gasteiger charge is -2.03. The zero-order valence-corrected chi connectivity index (χ0v) is 14.5. The van der Waals surface area contributed by atoms with E-state index in [-0.39, 0.29) is 20.2 Å². The molecule has 0 N–H and O–H groups in total. The maximum Gasteiger partial charge on any atom is 0.324 e. The number of halogens is 2. The molecule has 2 heterocycles. The van der Waals surface area contributed by atoms with Gasteiger partial charge in [0.15, 0.2) is 10.6 Å². The normalized spacial score (nSPS) is 12.0. The van der Waals surface area contributed by atoms with Crippen LogP contribution in [0.1, 0.15) is 23.0 Å². The Balaban J connectivity index is 2.14. The SMILES string of the molecule is CCCn1c(=NC(=O)c2ccc([N+](=O)[O-])s2)sc2cc(F)cc(F)c21. The largest absolute Gasteiger partial charge is 0.324 e. The molecule has 0 radical (unpaired) electrons. The monoisotopic (exact) mass is 383 g/mol. The summed E-state index contributed by atoms with van der Waals surface area (Å²) in [6, 6.07) is 4.53. The maximum atomic E-state index is 14.1. The van der Waals surface area contributed by atoms with Crippen LogP contribution in [0.5, 0.6) is 0 Å². The van der Waals surface area contributed by atoms with Crippen molar-refractivity contribution in [3.05, 3.63) is 55.7 Å². The molecule has 0 unspecified atom stereocenters. The van der Waals surface area contributed by atoms with E-state index < -0.39 is 22.5 Å². The number of hydrogen-bond acceptors (Lipinski definition) is 5. The number of thiophene rings is 1. The molecule has 0 fully saturated rings. The Kier molecular flexibility index (Phi) is 4.73. The van der Waals surface area contributed by atoms with Gasteiger partial charge in [-0.2, -0.15) is 4.99 Å². The van der Waals surface area contributed by atoms with Crippen molar-refractivity contribution >= 4 is 43.8 Å². The van der Waals surface area contributed by atoms with Gasteiger partial charge in [0.25, 0.3) is 5.91 Å². The lowest BCUT2D eigenvalue weighted by Crippen LogP contribution is -2.17. The molecule has 0 saturated carbocycles. The zero-order chi connectivity index (χ0) is 18.1. The van der Waals surface area contributed by atoms with E-state index in [0.29, 0.717) is 17.7 Å². The van der Waals surface area contributed by atoms with Gasteiger partial charge in [0.1, 0.15) is 10.7 Å². The first-order valence-electron chi connectivity index (χ1n) is 7.22. The van der Waals surface area contributed by atoms with E-state index in [1.807, 2.05) is 6.92 Å². The first kappa shape index (κ1) is 17.4. The van der Waals surface area contributed by atoms with E-state index in [4.69, 9.17) is 0 Å². The highest BCUT2D eigenvalue weighted by Crippen LogP contribution is 2.25. The van der Waals surface area contributed by atoms with Gasteiger partial charge in [-0.3, -0.25) is 14.9 Å². The number of benzene rings is 1. The Morgan fingerprint density at radius 2 is 2.08 bits per heavy atom. The summed E-state index contributed by atoms with van der Waals surface area (Å²) in [6.45, 7) is 2.28. The van der Waals surface area contributed by atoms with Crippen molar-refractivity contribution in [2.45, 2.75) is 19.9 Å². The van der Waals surface area contributed by atoms with Crippen molar-refractivity contribution in [1.29, 1.82) is 0 Å². The molecule has 25 heavy (non-hydrogen) atoms. The van der Waals surface area contributed by atoms with Crippen LogP contribution in [0.2, 0.25) is 0 Å². The first-order valence-corrected chi connectivity index (χ1v) is 8.85. The highest BCUT2D eigenvalue weighted by Gasteiger charge is 2.17. The number of aryl methyl sites for hydroxylation is 1. The molecule has 0 atom stereocenters. The minimum atomic E-state index is -0.722. The molecule has 3 aromatic rings. The molecule has 1 aromatic carbocycles. The van der Waals surface area contributed by atoms with E-state index >= 15 is 0 Å². The van der Waals surface area contributed by atoms with Gasteiger partial charge in [-0.25, -0.2) is 8.78 Å². The number of nitro groups is 1. The molecule has 0 spiro atoms. The molecule has 130 valence electrons. The summed E-state index contributed by atoms with van der Waals surface area (Å²) in [5.74, 6) is -2.09. The maximum absolute atomic E-state index is 14.1. The summed E-state index contributed by atoms with van der Waals surface area (Å²) in [6.07, 6.45) is 0.661. The number of thiazole rings is 1. The minimum Gasteiger partial charge on any atom is -0.314 e. The lowest BCUT2D eigenvalue weighted by molar-refractivity contribution is -0.380. The third kappa shape index (κ3) is 3.35. The van der Waals surface area contributed by atoms with Gasteiger partial charge in [0, 0.05) is 18.7 Å². The highest BCUT2D eigenvalue weighted by atomic mass is 32.1. The summed E-state index contributed by atoms with van der Waals surface area (Å²) in [5, 5.41) is 10.6. The van der Waals surface area contributed by atoms with E-state index in [0.717, 1.165) is 28.7 Å². The molecule has 0 aliphatic carbocycles. The van der Waals surface area contributed by atoms with Crippen LogP contribution >= 0.6 is 22.7 Å². The van der Waals surface area contributed by atoms with Crippen LogP contribution in [0.3, 0.4) is 0 Å². The second-order valence-electron chi connectivity index (χ2n) is 5.08. The van der Waals surface area contributed by atoms with Gasteiger partial charge in [-0.05, 0) is 18.6 Å². The van der Waals surface area contributed by atoms with Crippen LogP contribution in [-0.4, -0.2) is 15.4 Å². The van der Waals surface area contributed by atoms with Crippen molar-refractivity contribution < 1.29 is 18.5 Å². The van der Waals surface area contributed by atoms with E-state index in [1.54, 1.807) is 0 Å². The van der Waals surface area contributed by atoms with Crippen LogP contribution in [-0.2, 0) is 6.54 Å². The summed E-state index contributed by atoms with van der Waals surface area (Å²) in [5.41, 5.74) is 0.192. The third-order valence-electron chi connectivity index (χ3n) is 3.32. The number of fused-ring (bicyclic) bond motifs is 1. The first-order chi connectivity index (χ1) is 11.9. The number of carbonyl (C=O) groups is 1. The smallest absolute Gasteiger partial charge is 0.314 e. The number of hydrogen-bond donors (Lipinski definition) is 0. The highest BCUT2D eigenvalue weighted by molar-refractivity contribution is 7.17. The molecule has 0 saturated heterocycles. The second kappa shape index (κ2) is 6.81. The summed E-state index contributed by atoms with van der Waals surface area (Å²) in [4.78, 5) is 26.7. The lowest BCUT2D eigenvalue weighted by atomic mass is 10.3. The Bertz CT molecular complexity index is 1050. The van der Waals surface area contributed by atoms with Crippen LogP contribution < -0.4 is 4.80 Å². The van der Waals surface area contributed by atoms with Crippen LogP contribution in [0, 0.1) is 21.7 Å². The Hall–Kier alpha value is -2.46. The Morgan fingerprint density at radius 3 is 2.72 bits per heavy atom. The number of nitrogens with zero attached hydrogens (tertiary/aromatic N) is 3. The van der Waals surface area contributed by atoms with Crippen molar-refractivity contribution in [3.8, 4) is 0 Å². The Morgan fingerprint density at radius 1 is 1.32 bits per heavy atom. The number of rotatable bonds is 4. The van der Waals surface area contributed by atoms with Crippen LogP contribution in [0.4, 0.5) is 13.8 Å². The number of carbonyl (C=O) groups excluding carboxylic acids is 1. The van der Waals surface area contributed by atoms with Gasteiger partial charge < -0.3 is 4.57 Å². The quantitative estimate of drug-likeness (QED) is 0.503. The van der Waals surface area contributed by atoms with Gasteiger partial charge in [0.05, 0.1) is 15.1 Å². The average Bonchev–Trinajstić information content (AvgIpc) is 3.13. The summed E-state index contributed by atoms with van der Waals surface area (Å²) in [7, 11) is 0. The average molecular weight is 383 g/mol. The van der Waals surface area contributed by atoms with Crippen LogP contribution in [0.15, 0.2) is 29.3 Å².